The minimum Gasteiger partial charge on any atom is -0.460 e. The molecule has 0 saturated heterocycles. The molecule has 28 heavy (non-hydrogen) atoms. The number of allylic oxidation sites excluding steroid dienone is 1. The van der Waals surface area contributed by atoms with Crippen molar-refractivity contribution in [3.63, 3.8) is 0 Å². The van der Waals surface area contributed by atoms with E-state index in [1.807, 2.05) is 26.8 Å². The molecule has 0 unspecified atom stereocenters. The predicted octanol–water partition coefficient (Wildman–Crippen LogP) is 5.39. The van der Waals surface area contributed by atoms with Gasteiger partial charge >= 0.3 is 11.9 Å². The van der Waals surface area contributed by atoms with Crippen LogP contribution in [0.5, 0.6) is 0 Å². The molecule has 0 aromatic heterocycles. The highest BCUT2D eigenvalue weighted by molar-refractivity contribution is 5.93. The van der Waals surface area contributed by atoms with E-state index in [2.05, 4.69) is 5.48 Å². The van der Waals surface area contributed by atoms with Gasteiger partial charge in [-0.25, -0.2) is 4.79 Å². The van der Waals surface area contributed by atoms with Crippen molar-refractivity contribution in [3.8, 4) is 0 Å². The molecule has 0 bridgehead atoms. The van der Waals surface area contributed by atoms with Crippen LogP contribution in [0.2, 0.25) is 0 Å². The number of hydroxylamine groups is 1. The lowest BCUT2D eigenvalue weighted by atomic mass is 9.86. The van der Waals surface area contributed by atoms with Crippen LogP contribution in [0.25, 0.3) is 0 Å². The minimum atomic E-state index is -0.561. The highest BCUT2D eigenvalue weighted by Gasteiger charge is 2.23. The number of hydrogen-bond donors (Lipinski definition) is 1. The number of hydrogen-bond acceptors (Lipinski definition) is 5. The predicted molar refractivity (Wildman–Crippen MR) is 110 cm³/mol. The maximum Gasteiger partial charge on any atom is 0.352 e. The zero-order valence-electron chi connectivity index (χ0n) is 18.1. The molecule has 0 aromatic rings. The number of esters is 1. The number of carbonyl (C=O) groups excluding carboxylic acids is 2. The summed E-state index contributed by atoms with van der Waals surface area (Å²) in [5.74, 6) is -0.0877. The molecule has 160 valence electrons. The van der Waals surface area contributed by atoms with Crippen LogP contribution in [-0.2, 0) is 19.2 Å². The molecule has 2 aliphatic rings. The van der Waals surface area contributed by atoms with Crippen LogP contribution in [0.15, 0.2) is 11.6 Å². The molecule has 0 atom stereocenters. The van der Waals surface area contributed by atoms with Crippen molar-refractivity contribution in [1.29, 1.82) is 0 Å². The van der Waals surface area contributed by atoms with Gasteiger partial charge in [-0.15, -0.1) is 5.48 Å². The van der Waals surface area contributed by atoms with Crippen molar-refractivity contribution in [1.82, 2.24) is 5.48 Å². The maximum atomic E-state index is 12.6. The van der Waals surface area contributed by atoms with Gasteiger partial charge in [0.2, 0.25) is 0 Å². The molecular formula is C23H39NO4. The molecule has 0 heterocycles. The van der Waals surface area contributed by atoms with Gasteiger partial charge in [0, 0.05) is 11.6 Å². The maximum absolute atomic E-state index is 12.6. The highest BCUT2D eigenvalue weighted by atomic mass is 16.7. The van der Waals surface area contributed by atoms with Gasteiger partial charge in [-0.3, -0.25) is 4.79 Å². The first-order chi connectivity index (χ1) is 13.3. The molecule has 0 amide bonds. The highest BCUT2D eigenvalue weighted by Crippen LogP contribution is 2.28. The second kappa shape index (κ2) is 11.6. The Morgan fingerprint density at radius 2 is 1.57 bits per heavy atom. The minimum absolute atomic E-state index is 0.0346. The van der Waals surface area contributed by atoms with Gasteiger partial charge in [0.1, 0.15) is 5.60 Å². The van der Waals surface area contributed by atoms with Gasteiger partial charge < -0.3 is 9.57 Å². The fraction of sp³-hybridized carbons (Fsp3) is 0.826. The van der Waals surface area contributed by atoms with E-state index in [1.165, 1.54) is 38.5 Å². The monoisotopic (exact) mass is 393 g/mol. The van der Waals surface area contributed by atoms with E-state index < -0.39 is 11.6 Å². The fourth-order valence-electron chi connectivity index (χ4n) is 4.15. The van der Waals surface area contributed by atoms with Crippen molar-refractivity contribution >= 4 is 11.9 Å². The normalized spacial score (nSPS) is 20.0. The first-order valence-corrected chi connectivity index (χ1v) is 11.2. The van der Waals surface area contributed by atoms with E-state index >= 15 is 0 Å². The average Bonchev–Trinajstić information content (AvgIpc) is 2.65. The molecule has 5 nitrogen and oxygen atoms in total. The van der Waals surface area contributed by atoms with E-state index in [4.69, 9.17) is 9.57 Å². The second-order valence-electron chi connectivity index (χ2n) is 9.42. The molecular weight excluding hydrogens is 354 g/mol. The summed E-state index contributed by atoms with van der Waals surface area (Å²) >= 11 is 0. The fourth-order valence-corrected chi connectivity index (χ4v) is 4.15. The van der Waals surface area contributed by atoms with E-state index in [1.54, 1.807) is 0 Å². The molecule has 2 rings (SSSR count). The van der Waals surface area contributed by atoms with Crippen LogP contribution in [-0.4, -0.2) is 23.6 Å². The second-order valence-corrected chi connectivity index (χ2v) is 9.42. The number of rotatable bonds is 8. The first-order valence-electron chi connectivity index (χ1n) is 11.2. The molecule has 0 radical (unpaired) electrons. The summed E-state index contributed by atoms with van der Waals surface area (Å²) < 4.78 is 5.40. The largest absolute Gasteiger partial charge is 0.460 e. The zero-order valence-corrected chi connectivity index (χ0v) is 18.1. The molecule has 1 N–H and O–H groups in total. The van der Waals surface area contributed by atoms with Crippen molar-refractivity contribution in [3.05, 3.63) is 11.6 Å². The van der Waals surface area contributed by atoms with Crippen LogP contribution in [0.4, 0.5) is 0 Å². The lowest BCUT2D eigenvalue weighted by Crippen LogP contribution is -2.34. The van der Waals surface area contributed by atoms with Gasteiger partial charge in [0.05, 0.1) is 6.42 Å². The molecule has 0 aromatic carbocycles. The Balaban J connectivity index is 1.89. The third-order valence-electron chi connectivity index (χ3n) is 5.63. The summed E-state index contributed by atoms with van der Waals surface area (Å²) in [7, 11) is 0. The number of carbonyl (C=O) groups is 2. The van der Waals surface area contributed by atoms with Crippen LogP contribution in [0.3, 0.4) is 0 Å². The van der Waals surface area contributed by atoms with Gasteiger partial charge in [-0.1, -0.05) is 57.4 Å². The summed E-state index contributed by atoms with van der Waals surface area (Å²) in [5, 5.41) is 0. The van der Waals surface area contributed by atoms with Crippen molar-refractivity contribution in [2.75, 3.05) is 0 Å². The molecule has 2 aliphatic carbocycles. The molecule has 2 fully saturated rings. The van der Waals surface area contributed by atoms with Gasteiger partial charge in [-0.05, 0) is 52.4 Å². The third kappa shape index (κ3) is 9.22. The lowest BCUT2D eigenvalue weighted by Gasteiger charge is -2.23. The van der Waals surface area contributed by atoms with Crippen LogP contribution < -0.4 is 5.48 Å². The van der Waals surface area contributed by atoms with Crippen LogP contribution >= 0.6 is 0 Å². The third-order valence-corrected chi connectivity index (χ3v) is 5.63. The Kier molecular flexibility index (Phi) is 9.49. The van der Waals surface area contributed by atoms with E-state index in [9.17, 15) is 9.59 Å². The van der Waals surface area contributed by atoms with E-state index in [0.717, 1.165) is 44.4 Å². The molecule has 2 saturated carbocycles. The Morgan fingerprint density at radius 3 is 2.18 bits per heavy atom. The quantitative estimate of drug-likeness (QED) is 0.340. The Bertz CT molecular complexity index is 523. The van der Waals surface area contributed by atoms with Gasteiger partial charge in [-0.2, -0.15) is 0 Å². The van der Waals surface area contributed by atoms with Crippen LogP contribution in [0, 0.1) is 5.92 Å². The SMILES string of the molecule is CC(C)(C)OC(=O)C/C(=C\CCC1CCCCC1)C(=O)ONC1CCCCC1. The van der Waals surface area contributed by atoms with Gasteiger partial charge in [0.25, 0.3) is 0 Å². The Labute approximate surface area is 170 Å². The summed E-state index contributed by atoms with van der Waals surface area (Å²) in [6, 6.07) is 0.225. The smallest absolute Gasteiger partial charge is 0.352 e. The Hall–Kier alpha value is -1.36. The standard InChI is InChI=1S/C23H39NO4/c1-23(2,3)27-21(25)17-19(14-10-13-18-11-6-4-7-12-18)22(26)28-24-20-15-8-5-9-16-20/h14,18,20,24H,4-13,15-17H2,1-3H3/b19-14+. The Morgan fingerprint density at radius 1 is 0.964 bits per heavy atom. The van der Waals surface area contributed by atoms with E-state index in [0.29, 0.717) is 5.57 Å². The molecule has 0 spiro atoms. The lowest BCUT2D eigenvalue weighted by molar-refractivity contribution is -0.157. The van der Waals surface area contributed by atoms with E-state index in [-0.39, 0.29) is 18.4 Å². The van der Waals surface area contributed by atoms with Gasteiger partial charge in [0.15, 0.2) is 0 Å². The number of ether oxygens (including phenoxy) is 1. The zero-order chi connectivity index (χ0) is 20.4. The molecule has 0 aliphatic heterocycles. The summed E-state index contributed by atoms with van der Waals surface area (Å²) in [4.78, 5) is 30.2. The summed E-state index contributed by atoms with van der Waals surface area (Å²) in [5.41, 5.74) is 2.77. The topological polar surface area (TPSA) is 64.6 Å². The average molecular weight is 394 g/mol. The van der Waals surface area contributed by atoms with Crippen molar-refractivity contribution in [2.24, 2.45) is 5.92 Å². The summed E-state index contributed by atoms with van der Waals surface area (Å²) in [6.07, 6.45) is 15.9. The number of nitrogens with one attached hydrogen (secondary N) is 1. The van der Waals surface area contributed by atoms with Crippen molar-refractivity contribution < 1.29 is 19.2 Å². The first kappa shape index (κ1) is 22.9. The summed E-state index contributed by atoms with van der Waals surface area (Å²) in [6.45, 7) is 5.50. The van der Waals surface area contributed by atoms with Crippen molar-refractivity contribution in [2.45, 2.75) is 116 Å². The molecule has 5 heteroatoms. The van der Waals surface area contributed by atoms with Crippen LogP contribution in [0.1, 0.15) is 104 Å².